The summed E-state index contributed by atoms with van der Waals surface area (Å²) < 4.78 is 6.15. The van der Waals surface area contributed by atoms with Crippen molar-refractivity contribution >= 4 is 0 Å². The van der Waals surface area contributed by atoms with Crippen LogP contribution in [0.5, 0.6) is 0 Å². The highest BCUT2D eigenvalue weighted by atomic mass is 16.5. The second kappa shape index (κ2) is 37.3. The Morgan fingerprint density at radius 2 is 0.891 bits per heavy atom. The molecule has 3 heteroatoms. The zero-order valence-corrected chi connectivity index (χ0v) is 32.4. The molecule has 0 aromatic rings. The number of hydrogen-bond donors (Lipinski definition) is 1. The molecule has 1 N–H and O–H groups in total. The molecule has 0 fully saturated rings. The highest BCUT2D eigenvalue weighted by Crippen LogP contribution is 2.25. The molecule has 0 saturated heterocycles. The lowest BCUT2D eigenvalue weighted by Gasteiger charge is -2.24. The summed E-state index contributed by atoms with van der Waals surface area (Å²) in [4.78, 5) is 2.44. The summed E-state index contributed by atoms with van der Waals surface area (Å²) >= 11 is 0. The lowest BCUT2D eigenvalue weighted by Crippen LogP contribution is -2.31. The molecule has 46 heavy (non-hydrogen) atoms. The fourth-order valence-electron chi connectivity index (χ4n) is 7.03. The van der Waals surface area contributed by atoms with Crippen molar-refractivity contribution in [3.63, 3.8) is 0 Å². The minimum Gasteiger partial charge on any atom is -0.496 e. The van der Waals surface area contributed by atoms with Gasteiger partial charge in [0, 0.05) is 19.5 Å². The van der Waals surface area contributed by atoms with Crippen molar-refractivity contribution in [2.45, 2.75) is 233 Å². The van der Waals surface area contributed by atoms with Crippen LogP contribution in [0.4, 0.5) is 0 Å². The van der Waals surface area contributed by atoms with E-state index in [1.165, 1.54) is 186 Å². The molecular formula is C43H87NO2. The number of hydrogen-bond acceptors (Lipinski definition) is 3. The fourth-order valence-corrected chi connectivity index (χ4v) is 7.03. The summed E-state index contributed by atoms with van der Waals surface area (Å²) in [6, 6.07) is 0. The zero-order valence-electron chi connectivity index (χ0n) is 32.4. The molecule has 0 radical (unpaired) electrons. The van der Waals surface area contributed by atoms with E-state index in [-0.39, 0.29) is 12.7 Å². The van der Waals surface area contributed by atoms with Gasteiger partial charge in [-0.2, -0.15) is 0 Å². The number of allylic oxidation sites excluding steroid dienone is 1. The topological polar surface area (TPSA) is 32.7 Å². The molecule has 0 amide bonds. The molecule has 0 rings (SSSR count). The van der Waals surface area contributed by atoms with Crippen molar-refractivity contribution in [3.8, 4) is 0 Å². The second-order valence-corrected chi connectivity index (χ2v) is 14.9. The minimum absolute atomic E-state index is 0.202. The molecule has 3 nitrogen and oxygen atoms in total. The van der Waals surface area contributed by atoms with E-state index in [0.29, 0.717) is 0 Å². The normalized spacial score (nSPS) is 12.4. The minimum atomic E-state index is 0.202. The standard InChI is InChI=1S/C43H87NO2/c1-6-9-12-15-18-19-20-22-27-32-41(4)46-42(5)36-38-44(39-40-45)37-31-26-21-25-30-35-43(33-28-23-16-13-10-7-2)34-29-24-17-14-11-8-3/h42-43,45H,4,6-40H2,1-3,5H3. The van der Waals surface area contributed by atoms with Crippen LogP contribution in [0.1, 0.15) is 227 Å². The van der Waals surface area contributed by atoms with Crippen LogP contribution in [0.3, 0.4) is 0 Å². The first-order valence-corrected chi connectivity index (χ1v) is 21.2. The van der Waals surface area contributed by atoms with E-state index in [0.717, 1.165) is 44.2 Å². The summed E-state index contributed by atoms with van der Waals surface area (Å²) in [6.07, 6.45) is 42.7. The Kier molecular flexibility index (Phi) is 36.8. The van der Waals surface area contributed by atoms with Crippen LogP contribution >= 0.6 is 0 Å². The van der Waals surface area contributed by atoms with Gasteiger partial charge in [-0.1, -0.05) is 201 Å². The molecule has 276 valence electrons. The first-order chi connectivity index (χ1) is 22.6. The summed E-state index contributed by atoms with van der Waals surface area (Å²) in [7, 11) is 0. The van der Waals surface area contributed by atoms with Crippen molar-refractivity contribution in [2.75, 3.05) is 26.2 Å². The Morgan fingerprint density at radius 1 is 0.500 bits per heavy atom. The van der Waals surface area contributed by atoms with Gasteiger partial charge in [-0.3, -0.25) is 0 Å². The molecule has 0 saturated carbocycles. The van der Waals surface area contributed by atoms with Gasteiger partial charge in [-0.05, 0) is 38.6 Å². The SMILES string of the molecule is C=C(CCCCCCCCCCC)OC(C)CCN(CCO)CCCCCCCC(CCCCCCCC)CCCCCCCC. The Hall–Kier alpha value is -0.540. The maximum Gasteiger partial charge on any atom is 0.0966 e. The smallest absolute Gasteiger partial charge is 0.0966 e. The largest absolute Gasteiger partial charge is 0.496 e. The van der Waals surface area contributed by atoms with Crippen LogP contribution in [-0.2, 0) is 4.74 Å². The van der Waals surface area contributed by atoms with Gasteiger partial charge in [-0.25, -0.2) is 0 Å². The van der Waals surface area contributed by atoms with Gasteiger partial charge in [0.15, 0.2) is 0 Å². The third-order valence-corrected chi connectivity index (χ3v) is 10.2. The Bertz CT molecular complexity index is 577. The number of unbranched alkanes of at least 4 members (excludes halogenated alkanes) is 22. The van der Waals surface area contributed by atoms with Gasteiger partial charge in [0.1, 0.15) is 0 Å². The van der Waals surface area contributed by atoms with Gasteiger partial charge in [0.2, 0.25) is 0 Å². The predicted octanol–water partition coefficient (Wildman–Crippen LogP) is 14.0. The van der Waals surface area contributed by atoms with E-state index in [2.05, 4.69) is 39.2 Å². The molecule has 1 atom stereocenters. The van der Waals surface area contributed by atoms with Crippen molar-refractivity contribution in [2.24, 2.45) is 5.92 Å². The van der Waals surface area contributed by atoms with Gasteiger partial charge in [0.05, 0.1) is 18.5 Å². The molecule has 0 aromatic heterocycles. The predicted molar refractivity (Wildman–Crippen MR) is 207 cm³/mol. The molecule has 0 aliphatic carbocycles. The molecule has 0 aromatic carbocycles. The zero-order chi connectivity index (χ0) is 33.8. The Labute approximate surface area is 291 Å². The lowest BCUT2D eigenvalue weighted by molar-refractivity contribution is 0.0981. The Morgan fingerprint density at radius 3 is 1.33 bits per heavy atom. The van der Waals surface area contributed by atoms with Crippen LogP contribution in [0.25, 0.3) is 0 Å². The summed E-state index contributed by atoms with van der Waals surface area (Å²) in [5.41, 5.74) is 0. The molecular weight excluding hydrogens is 562 g/mol. The van der Waals surface area contributed by atoms with Gasteiger partial charge >= 0.3 is 0 Å². The number of aliphatic hydroxyl groups excluding tert-OH is 1. The van der Waals surface area contributed by atoms with E-state index in [9.17, 15) is 5.11 Å². The average Bonchev–Trinajstić information content (AvgIpc) is 3.05. The van der Waals surface area contributed by atoms with E-state index in [1.807, 2.05) is 0 Å². The summed E-state index contributed by atoms with van der Waals surface area (Å²) in [5.74, 6) is 1.94. The first kappa shape index (κ1) is 45.5. The highest BCUT2D eigenvalue weighted by Gasteiger charge is 2.11. The van der Waals surface area contributed by atoms with Crippen molar-refractivity contribution < 1.29 is 9.84 Å². The summed E-state index contributed by atoms with van der Waals surface area (Å²) in [6.45, 7) is 16.4. The van der Waals surface area contributed by atoms with Crippen LogP contribution in [0, 0.1) is 5.92 Å². The van der Waals surface area contributed by atoms with Gasteiger partial charge < -0.3 is 14.7 Å². The number of ether oxygens (including phenoxy) is 1. The number of rotatable bonds is 39. The first-order valence-electron chi connectivity index (χ1n) is 21.2. The van der Waals surface area contributed by atoms with Crippen LogP contribution in [0.15, 0.2) is 12.3 Å². The van der Waals surface area contributed by atoms with Gasteiger partial charge in [0.25, 0.3) is 0 Å². The van der Waals surface area contributed by atoms with Gasteiger partial charge in [-0.15, -0.1) is 0 Å². The summed E-state index contributed by atoms with van der Waals surface area (Å²) in [5, 5.41) is 9.63. The van der Waals surface area contributed by atoms with Crippen LogP contribution in [-0.4, -0.2) is 42.4 Å². The molecule has 0 aliphatic rings. The van der Waals surface area contributed by atoms with E-state index in [4.69, 9.17) is 4.74 Å². The fraction of sp³-hybridized carbons (Fsp3) is 0.953. The lowest BCUT2D eigenvalue weighted by atomic mass is 9.89. The highest BCUT2D eigenvalue weighted by molar-refractivity contribution is 4.83. The third kappa shape index (κ3) is 33.4. The second-order valence-electron chi connectivity index (χ2n) is 14.9. The van der Waals surface area contributed by atoms with Crippen LogP contribution in [0.2, 0.25) is 0 Å². The monoisotopic (exact) mass is 650 g/mol. The quantitative estimate of drug-likeness (QED) is 0.0531. The molecule has 0 heterocycles. The van der Waals surface area contributed by atoms with Crippen LogP contribution < -0.4 is 0 Å². The number of nitrogens with zero attached hydrogens (tertiary/aromatic N) is 1. The maximum atomic E-state index is 9.63. The van der Waals surface area contributed by atoms with E-state index >= 15 is 0 Å². The average molecular weight is 650 g/mol. The van der Waals surface area contributed by atoms with E-state index in [1.54, 1.807) is 0 Å². The Balaban J connectivity index is 4.06. The van der Waals surface area contributed by atoms with Crippen molar-refractivity contribution in [1.82, 2.24) is 4.90 Å². The third-order valence-electron chi connectivity index (χ3n) is 10.2. The van der Waals surface area contributed by atoms with Crippen molar-refractivity contribution in [1.29, 1.82) is 0 Å². The van der Waals surface area contributed by atoms with E-state index < -0.39 is 0 Å². The maximum absolute atomic E-state index is 9.63. The molecule has 0 spiro atoms. The molecule has 0 aliphatic heterocycles. The molecule has 1 unspecified atom stereocenters. The molecule has 0 bridgehead atoms. The van der Waals surface area contributed by atoms with Crippen molar-refractivity contribution in [3.05, 3.63) is 12.3 Å². The number of aliphatic hydroxyl groups is 1.